The van der Waals surface area contributed by atoms with Crippen LogP contribution in [0.5, 0.6) is 11.8 Å². The number of amides is 1. The molecule has 1 heterocycles. The van der Waals surface area contributed by atoms with Crippen molar-refractivity contribution >= 4 is 17.8 Å². The summed E-state index contributed by atoms with van der Waals surface area (Å²) in [5.74, 6) is 0.370. The SMILES string of the molecule is COC(=O)[C@H](CCC(=O)On1c(O)ccc1O)NC(=O)CC[C@@H](C)[C@H]1CCC2C3CC[C@@H]4C[C@H](O)CC[C@]4(C)C3(C)CC[C@@]21C. The van der Waals surface area contributed by atoms with Crippen LogP contribution in [-0.4, -0.2) is 57.2 Å². The lowest BCUT2D eigenvalue weighted by Gasteiger charge is -2.67. The van der Waals surface area contributed by atoms with E-state index in [0.29, 0.717) is 45.1 Å². The van der Waals surface area contributed by atoms with E-state index in [-0.39, 0.29) is 36.7 Å². The van der Waals surface area contributed by atoms with Crippen LogP contribution in [0.25, 0.3) is 0 Å². The summed E-state index contributed by atoms with van der Waals surface area (Å²) in [4.78, 5) is 42.7. The van der Waals surface area contributed by atoms with E-state index in [4.69, 9.17) is 9.57 Å². The minimum atomic E-state index is -1.01. The molecule has 5 rings (SSSR count). The number of esters is 1. The zero-order valence-electron chi connectivity index (χ0n) is 27.7. The monoisotopic (exact) mass is 630 g/mol. The number of aliphatic hydroxyl groups excluding tert-OH is 1. The van der Waals surface area contributed by atoms with E-state index in [0.717, 1.165) is 25.7 Å². The first-order chi connectivity index (χ1) is 21.2. The van der Waals surface area contributed by atoms with Crippen LogP contribution in [0, 0.1) is 45.8 Å². The molecule has 4 saturated carbocycles. The molecule has 10 heteroatoms. The van der Waals surface area contributed by atoms with Crippen LogP contribution in [0.15, 0.2) is 12.1 Å². The predicted molar refractivity (Wildman–Crippen MR) is 167 cm³/mol. The highest BCUT2D eigenvalue weighted by atomic mass is 16.7. The zero-order chi connectivity index (χ0) is 32.7. The highest BCUT2D eigenvalue weighted by Crippen LogP contribution is 2.73. The molecule has 0 aromatic carbocycles. The second kappa shape index (κ2) is 12.8. The fourth-order valence-electron chi connectivity index (χ4n) is 10.7. The molecule has 1 aromatic rings. The first-order valence-electron chi connectivity index (χ1n) is 17.1. The standard InChI is InChI=1S/C35H54N2O8/c1-21(6-12-28(39)36-27(32(43)44-5)11-15-31(42)45-37-29(40)13-14-30(37)41)24-9-10-25-26-8-7-22-20-23(38)16-17-34(22,3)35(26,4)19-18-33(24,25)2/h13-14,21-27,38,40-41H,6-12,15-20H2,1-5H3,(H,36,39)/t21-,22-,23-,24-,25?,26?,27+,33-,34+,35?/m1/s1. The molecule has 4 aliphatic rings. The highest BCUT2D eigenvalue weighted by molar-refractivity contribution is 5.84. The molecule has 0 radical (unpaired) electrons. The van der Waals surface area contributed by atoms with Gasteiger partial charge in [0.2, 0.25) is 17.7 Å². The van der Waals surface area contributed by atoms with Gasteiger partial charge in [0.15, 0.2) is 0 Å². The quantitative estimate of drug-likeness (QED) is 0.261. The van der Waals surface area contributed by atoms with Gasteiger partial charge < -0.3 is 30.2 Å². The fraction of sp³-hybridized carbons (Fsp3) is 0.800. The number of methoxy groups -OCH3 is 1. The van der Waals surface area contributed by atoms with Crippen molar-refractivity contribution in [1.82, 2.24) is 10.0 Å². The van der Waals surface area contributed by atoms with Gasteiger partial charge in [-0.05, 0) is 116 Å². The van der Waals surface area contributed by atoms with E-state index in [2.05, 4.69) is 33.0 Å². The Morgan fingerprint density at radius 1 is 0.933 bits per heavy atom. The molecule has 4 fully saturated rings. The molecule has 45 heavy (non-hydrogen) atoms. The van der Waals surface area contributed by atoms with E-state index >= 15 is 0 Å². The minimum absolute atomic E-state index is 0.0448. The molecule has 0 saturated heterocycles. The molecule has 0 aliphatic heterocycles. The summed E-state index contributed by atoms with van der Waals surface area (Å²) < 4.78 is 5.45. The molecule has 0 bridgehead atoms. The molecule has 1 aromatic heterocycles. The third kappa shape index (κ3) is 6.08. The van der Waals surface area contributed by atoms with Crippen LogP contribution in [0.4, 0.5) is 0 Å². The lowest BCUT2D eigenvalue weighted by Crippen LogP contribution is -2.60. The number of nitrogens with zero attached hydrogens (tertiary/aromatic N) is 1. The van der Waals surface area contributed by atoms with Crippen LogP contribution in [0.1, 0.15) is 111 Å². The Morgan fingerprint density at radius 3 is 2.31 bits per heavy atom. The van der Waals surface area contributed by atoms with E-state index in [1.807, 2.05) is 0 Å². The van der Waals surface area contributed by atoms with Gasteiger partial charge >= 0.3 is 11.9 Å². The number of ether oxygens (including phenoxy) is 1. The average molecular weight is 631 g/mol. The van der Waals surface area contributed by atoms with Gasteiger partial charge in [0.25, 0.3) is 0 Å². The van der Waals surface area contributed by atoms with E-state index in [9.17, 15) is 29.7 Å². The van der Waals surface area contributed by atoms with E-state index < -0.39 is 29.7 Å². The van der Waals surface area contributed by atoms with Gasteiger partial charge in [-0.25, -0.2) is 9.59 Å². The summed E-state index contributed by atoms with van der Waals surface area (Å²) >= 11 is 0. The summed E-state index contributed by atoms with van der Waals surface area (Å²) in [5.41, 5.74) is 0.877. The average Bonchev–Trinajstić information content (AvgIpc) is 3.52. The summed E-state index contributed by atoms with van der Waals surface area (Å²) in [6, 6.07) is 1.33. The van der Waals surface area contributed by atoms with Crippen molar-refractivity contribution in [3.8, 4) is 11.8 Å². The van der Waals surface area contributed by atoms with Crippen LogP contribution in [0.3, 0.4) is 0 Å². The predicted octanol–water partition coefficient (Wildman–Crippen LogP) is 5.12. The van der Waals surface area contributed by atoms with Crippen molar-refractivity contribution in [2.75, 3.05) is 7.11 Å². The van der Waals surface area contributed by atoms with Crippen molar-refractivity contribution in [2.45, 2.75) is 123 Å². The van der Waals surface area contributed by atoms with Crippen LogP contribution in [0.2, 0.25) is 0 Å². The number of fused-ring (bicyclic) bond motifs is 5. The Bertz CT molecular complexity index is 1240. The minimum Gasteiger partial charge on any atom is -0.492 e. The largest absolute Gasteiger partial charge is 0.492 e. The molecular weight excluding hydrogens is 576 g/mol. The molecule has 4 aliphatic carbocycles. The number of hydrogen-bond acceptors (Lipinski definition) is 8. The van der Waals surface area contributed by atoms with Gasteiger partial charge in [0.1, 0.15) is 6.04 Å². The number of aromatic nitrogens is 1. The molecule has 1 amide bonds. The first kappa shape index (κ1) is 33.6. The highest BCUT2D eigenvalue weighted by Gasteiger charge is 2.65. The molecule has 0 spiro atoms. The van der Waals surface area contributed by atoms with Crippen molar-refractivity contribution in [2.24, 2.45) is 45.8 Å². The normalized spacial score (nSPS) is 37.0. The molecule has 3 unspecified atom stereocenters. The number of aromatic hydroxyl groups is 2. The maximum absolute atomic E-state index is 13.0. The van der Waals surface area contributed by atoms with E-state index in [1.165, 1.54) is 57.8 Å². The third-order valence-electron chi connectivity index (χ3n) is 13.5. The Hall–Kier alpha value is -2.75. The van der Waals surface area contributed by atoms with Crippen molar-refractivity contribution in [3.05, 3.63) is 12.1 Å². The number of hydrogen-bond donors (Lipinski definition) is 4. The van der Waals surface area contributed by atoms with Gasteiger partial charge in [-0.3, -0.25) is 4.79 Å². The summed E-state index contributed by atoms with van der Waals surface area (Å²) in [7, 11) is 1.23. The topological polar surface area (TPSA) is 147 Å². The maximum Gasteiger partial charge on any atom is 0.333 e. The van der Waals surface area contributed by atoms with Gasteiger partial charge in [-0.1, -0.05) is 27.7 Å². The second-order valence-corrected chi connectivity index (χ2v) is 15.4. The zero-order valence-corrected chi connectivity index (χ0v) is 27.7. The number of rotatable bonds is 10. The van der Waals surface area contributed by atoms with Crippen molar-refractivity contribution < 1.29 is 39.3 Å². The van der Waals surface area contributed by atoms with Gasteiger partial charge in [0.05, 0.1) is 19.6 Å². The number of carbonyl (C=O) groups excluding carboxylic acids is 3. The first-order valence-corrected chi connectivity index (χ1v) is 17.1. The summed E-state index contributed by atoms with van der Waals surface area (Å²) in [6.45, 7) is 9.91. The Labute approximate surface area is 267 Å². The Kier molecular flexibility index (Phi) is 9.56. The van der Waals surface area contributed by atoms with Gasteiger partial charge in [0, 0.05) is 18.6 Å². The molecule has 10 nitrogen and oxygen atoms in total. The lowest BCUT2D eigenvalue weighted by molar-refractivity contribution is -0.186. The molecule has 4 N–H and O–H groups in total. The van der Waals surface area contributed by atoms with Crippen molar-refractivity contribution in [1.29, 1.82) is 0 Å². The summed E-state index contributed by atoms with van der Waals surface area (Å²) in [5, 5.41) is 32.5. The van der Waals surface area contributed by atoms with Crippen LogP contribution in [-0.2, 0) is 19.1 Å². The second-order valence-electron chi connectivity index (χ2n) is 15.4. The number of carbonyl (C=O) groups is 3. The van der Waals surface area contributed by atoms with Gasteiger partial charge in [-0.15, -0.1) is 4.73 Å². The Morgan fingerprint density at radius 2 is 1.62 bits per heavy atom. The van der Waals surface area contributed by atoms with Crippen molar-refractivity contribution in [3.63, 3.8) is 0 Å². The van der Waals surface area contributed by atoms with E-state index in [1.54, 1.807) is 0 Å². The molecular formula is C35H54N2O8. The number of nitrogens with one attached hydrogen (secondary N) is 1. The third-order valence-corrected chi connectivity index (χ3v) is 13.5. The smallest absolute Gasteiger partial charge is 0.333 e. The van der Waals surface area contributed by atoms with Crippen LogP contribution < -0.4 is 10.2 Å². The Balaban J connectivity index is 1.15. The number of aliphatic hydroxyl groups is 1. The van der Waals surface area contributed by atoms with Gasteiger partial charge in [-0.2, -0.15) is 0 Å². The lowest BCUT2D eigenvalue weighted by atomic mass is 9.38. The fourth-order valence-corrected chi connectivity index (χ4v) is 10.7. The summed E-state index contributed by atoms with van der Waals surface area (Å²) in [6.07, 6.45) is 11.0. The molecule has 10 atom stereocenters. The molecule has 252 valence electrons. The van der Waals surface area contributed by atoms with Crippen LogP contribution >= 0.6 is 0 Å². The maximum atomic E-state index is 13.0.